The largest absolute Gasteiger partial charge is 0.345 e. The van der Waals surface area contributed by atoms with Gasteiger partial charge in [0, 0.05) is 29.3 Å². The summed E-state index contributed by atoms with van der Waals surface area (Å²) in [5, 5.41) is 3.04. The summed E-state index contributed by atoms with van der Waals surface area (Å²) in [6, 6.07) is 16.2. The number of hydrogen-bond acceptors (Lipinski definition) is 2. The summed E-state index contributed by atoms with van der Waals surface area (Å²) in [4.78, 5) is 17.1. The molecule has 0 aliphatic heterocycles. The third kappa shape index (κ3) is 3.85. The van der Waals surface area contributed by atoms with Gasteiger partial charge in [-0.25, -0.2) is 0 Å². The molecule has 1 amide bonds. The minimum Gasteiger partial charge on any atom is -0.345 e. The Morgan fingerprint density at radius 1 is 1.11 bits per heavy atom. The van der Waals surface area contributed by atoms with E-state index in [2.05, 4.69) is 21.8 Å². The third-order valence-electron chi connectivity index (χ3n) is 4.92. The topological polar surface area (TPSA) is 46.9 Å². The average molecular weight is 357 g/mol. The van der Waals surface area contributed by atoms with E-state index >= 15 is 0 Å². The Kier molecular flexibility index (Phi) is 4.63. The van der Waals surface area contributed by atoms with E-state index in [9.17, 15) is 4.79 Å². The Balaban J connectivity index is 1.51. The highest BCUT2D eigenvalue weighted by molar-refractivity contribution is 6.05. The number of aromatic nitrogens is 2. The lowest BCUT2D eigenvalue weighted by Crippen LogP contribution is -2.13. The van der Waals surface area contributed by atoms with E-state index < -0.39 is 0 Å². The number of rotatable bonds is 5. The van der Waals surface area contributed by atoms with E-state index in [-0.39, 0.29) is 5.91 Å². The normalized spacial score (nSPS) is 13.9. The molecular weight excluding hydrogens is 334 g/mol. The Hall–Kier alpha value is -3.14. The van der Waals surface area contributed by atoms with Crippen LogP contribution in [0.15, 0.2) is 54.7 Å². The van der Waals surface area contributed by atoms with Crippen LogP contribution in [0.5, 0.6) is 0 Å². The van der Waals surface area contributed by atoms with Gasteiger partial charge < -0.3 is 9.88 Å². The number of pyridine rings is 1. The summed E-state index contributed by atoms with van der Waals surface area (Å²) in [6.07, 6.45) is 8.15. The van der Waals surface area contributed by atoms with Gasteiger partial charge in [0.2, 0.25) is 0 Å². The Morgan fingerprint density at radius 2 is 1.96 bits per heavy atom. The lowest BCUT2D eigenvalue weighted by Gasteiger charge is -2.09. The molecular formula is C23H23N3O. The zero-order valence-corrected chi connectivity index (χ0v) is 15.6. The van der Waals surface area contributed by atoms with E-state index in [4.69, 9.17) is 0 Å². The predicted molar refractivity (Wildman–Crippen MR) is 110 cm³/mol. The number of nitrogens with one attached hydrogen (secondary N) is 1. The summed E-state index contributed by atoms with van der Waals surface area (Å²) in [6.45, 7) is 4.11. The van der Waals surface area contributed by atoms with Gasteiger partial charge in [-0.2, -0.15) is 0 Å². The number of benzene rings is 1. The van der Waals surface area contributed by atoms with Crippen molar-refractivity contribution in [2.24, 2.45) is 0 Å². The molecule has 3 aromatic rings. The molecule has 4 heteroatoms. The highest BCUT2D eigenvalue weighted by Crippen LogP contribution is 2.38. The maximum absolute atomic E-state index is 12.8. The first-order valence-corrected chi connectivity index (χ1v) is 9.31. The van der Waals surface area contributed by atoms with Crippen molar-refractivity contribution in [1.29, 1.82) is 0 Å². The summed E-state index contributed by atoms with van der Waals surface area (Å²) in [5.74, 6) is -0.0548. The fourth-order valence-electron chi connectivity index (χ4n) is 3.48. The van der Waals surface area contributed by atoms with Gasteiger partial charge >= 0.3 is 0 Å². The Bertz CT molecular complexity index is 998. The van der Waals surface area contributed by atoms with E-state index in [1.807, 2.05) is 67.6 Å². The lowest BCUT2D eigenvalue weighted by atomic mass is 10.1. The molecule has 1 N–H and O–H groups in total. The summed E-state index contributed by atoms with van der Waals surface area (Å²) in [5.41, 5.74) is 5.68. The van der Waals surface area contributed by atoms with Gasteiger partial charge in [0.05, 0.1) is 11.3 Å². The first kappa shape index (κ1) is 17.3. The lowest BCUT2D eigenvalue weighted by molar-refractivity contribution is 0.102. The van der Waals surface area contributed by atoms with Crippen molar-refractivity contribution in [2.45, 2.75) is 32.7 Å². The van der Waals surface area contributed by atoms with Crippen LogP contribution in [-0.2, 0) is 0 Å². The summed E-state index contributed by atoms with van der Waals surface area (Å²) in [7, 11) is 0. The maximum Gasteiger partial charge on any atom is 0.257 e. The van der Waals surface area contributed by atoms with Crippen LogP contribution in [0.2, 0.25) is 0 Å². The van der Waals surface area contributed by atoms with Gasteiger partial charge in [-0.1, -0.05) is 24.3 Å². The van der Waals surface area contributed by atoms with Crippen LogP contribution in [-0.4, -0.2) is 15.5 Å². The van der Waals surface area contributed by atoms with Crippen molar-refractivity contribution in [2.75, 3.05) is 5.32 Å². The number of nitrogens with zero attached hydrogens (tertiary/aromatic N) is 2. The van der Waals surface area contributed by atoms with Crippen LogP contribution in [0, 0.1) is 13.8 Å². The van der Waals surface area contributed by atoms with E-state index in [0.29, 0.717) is 6.04 Å². The molecule has 0 bridgehead atoms. The Morgan fingerprint density at radius 3 is 2.70 bits per heavy atom. The molecule has 136 valence electrons. The number of amides is 1. The molecule has 2 aromatic heterocycles. The smallest absolute Gasteiger partial charge is 0.257 e. The SMILES string of the molecule is Cc1cc(C(=O)Nc2cccc(/C=C/c3ccccn3)c2)c(C)n1C1CC1. The molecule has 4 rings (SSSR count). The van der Waals surface area contributed by atoms with Crippen molar-refractivity contribution >= 4 is 23.7 Å². The molecule has 1 aliphatic carbocycles. The first-order valence-electron chi connectivity index (χ1n) is 9.31. The molecule has 1 saturated carbocycles. The molecule has 1 aromatic carbocycles. The van der Waals surface area contributed by atoms with Crippen LogP contribution < -0.4 is 5.32 Å². The molecule has 4 nitrogen and oxygen atoms in total. The summed E-state index contributed by atoms with van der Waals surface area (Å²) >= 11 is 0. The monoisotopic (exact) mass is 357 g/mol. The van der Waals surface area contributed by atoms with Crippen molar-refractivity contribution in [3.8, 4) is 0 Å². The second-order valence-corrected chi connectivity index (χ2v) is 7.05. The van der Waals surface area contributed by atoms with Crippen molar-refractivity contribution in [3.05, 3.63) is 82.9 Å². The van der Waals surface area contributed by atoms with E-state index in [1.54, 1.807) is 6.20 Å². The van der Waals surface area contributed by atoms with Gasteiger partial charge in [0.1, 0.15) is 0 Å². The minimum atomic E-state index is -0.0548. The molecule has 0 atom stereocenters. The van der Waals surface area contributed by atoms with Crippen molar-refractivity contribution < 1.29 is 4.79 Å². The van der Waals surface area contributed by atoms with Crippen LogP contribution in [0.25, 0.3) is 12.2 Å². The fourth-order valence-corrected chi connectivity index (χ4v) is 3.48. The van der Waals surface area contributed by atoms with Gasteiger partial charge in [0.15, 0.2) is 0 Å². The highest BCUT2D eigenvalue weighted by atomic mass is 16.1. The van der Waals surface area contributed by atoms with Crippen molar-refractivity contribution in [1.82, 2.24) is 9.55 Å². The fraction of sp³-hybridized carbons (Fsp3) is 0.217. The molecule has 0 radical (unpaired) electrons. The van der Waals surface area contributed by atoms with Gasteiger partial charge in [-0.15, -0.1) is 0 Å². The molecule has 0 saturated heterocycles. The molecule has 1 fully saturated rings. The zero-order valence-electron chi connectivity index (χ0n) is 15.6. The summed E-state index contributed by atoms with van der Waals surface area (Å²) < 4.78 is 2.29. The number of carbonyl (C=O) groups excluding carboxylic acids is 1. The standard InChI is InChI=1S/C23H23N3O/c1-16-14-22(17(2)26(16)21-11-12-21)23(27)25-20-8-5-6-18(15-20)9-10-19-7-3-4-13-24-19/h3-10,13-15,21H,11-12H2,1-2H3,(H,25,27)/b10-9+. The molecule has 2 heterocycles. The second kappa shape index (κ2) is 7.23. The Labute approximate surface area is 159 Å². The first-order chi connectivity index (χ1) is 13.1. The third-order valence-corrected chi connectivity index (χ3v) is 4.92. The van der Waals surface area contributed by atoms with E-state index in [0.717, 1.165) is 33.9 Å². The quantitative estimate of drug-likeness (QED) is 0.677. The molecule has 1 aliphatic rings. The highest BCUT2D eigenvalue weighted by Gasteiger charge is 2.28. The van der Waals surface area contributed by atoms with Crippen LogP contribution in [0.4, 0.5) is 5.69 Å². The number of hydrogen-bond donors (Lipinski definition) is 1. The van der Waals surface area contributed by atoms with E-state index in [1.165, 1.54) is 12.8 Å². The number of carbonyl (C=O) groups is 1. The molecule has 27 heavy (non-hydrogen) atoms. The molecule has 0 unspecified atom stereocenters. The number of aryl methyl sites for hydroxylation is 1. The van der Waals surface area contributed by atoms with Gasteiger partial charge in [-0.05, 0) is 68.7 Å². The zero-order chi connectivity index (χ0) is 18.8. The average Bonchev–Trinajstić information content (AvgIpc) is 3.46. The maximum atomic E-state index is 12.8. The predicted octanol–water partition coefficient (Wildman–Crippen LogP) is 5.26. The molecule has 0 spiro atoms. The van der Waals surface area contributed by atoms with Crippen LogP contribution in [0.1, 0.15) is 51.9 Å². The number of anilines is 1. The second-order valence-electron chi connectivity index (χ2n) is 7.05. The van der Waals surface area contributed by atoms with Crippen LogP contribution in [0.3, 0.4) is 0 Å². The minimum absolute atomic E-state index is 0.0548. The van der Waals surface area contributed by atoms with Crippen LogP contribution >= 0.6 is 0 Å². The van der Waals surface area contributed by atoms with Crippen molar-refractivity contribution in [3.63, 3.8) is 0 Å². The van der Waals surface area contributed by atoms with Gasteiger partial charge in [0.25, 0.3) is 5.91 Å². The van der Waals surface area contributed by atoms with Gasteiger partial charge in [-0.3, -0.25) is 9.78 Å².